The third-order valence-corrected chi connectivity index (χ3v) is 3.94. The van der Waals surface area contributed by atoms with Gasteiger partial charge in [-0.15, -0.1) is 0 Å². The van der Waals surface area contributed by atoms with Gasteiger partial charge in [0.1, 0.15) is 16.9 Å². The number of hydrogen-bond acceptors (Lipinski definition) is 7. The molecule has 2 aromatic carbocycles. The second-order valence-electron chi connectivity index (χ2n) is 5.92. The number of fused-ring (bicyclic) bond motifs is 1. The molecule has 0 saturated carbocycles. The summed E-state index contributed by atoms with van der Waals surface area (Å²) in [5.41, 5.74) is -0.667. The smallest absolute Gasteiger partial charge is 0.349 e. The van der Waals surface area contributed by atoms with E-state index in [1.165, 1.54) is 25.3 Å². The maximum atomic E-state index is 12.1. The highest BCUT2D eigenvalue weighted by atomic mass is 16.6. The monoisotopic (exact) mass is 397 g/mol. The summed E-state index contributed by atoms with van der Waals surface area (Å²) in [5.74, 6) is -0.0613. The molecular formula is C21H19NO7. The van der Waals surface area contributed by atoms with Crippen molar-refractivity contribution in [1.29, 1.82) is 0 Å². The van der Waals surface area contributed by atoms with Crippen LogP contribution in [0.1, 0.15) is 17.3 Å². The predicted molar refractivity (Wildman–Crippen MR) is 105 cm³/mol. The molecule has 0 spiro atoms. The summed E-state index contributed by atoms with van der Waals surface area (Å²) in [6, 6.07) is 12.9. The Kier molecular flexibility index (Phi) is 6.13. The van der Waals surface area contributed by atoms with E-state index < -0.39 is 17.5 Å². The van der Waals surface area contributed by atoms with E-state index in [2.05, 4.69) is 5.32 Å². The Hall–Kier alpha value is -3.81. The van der Waals surface area contributed by atoms with Crippen LogP contribution in [-0.2, 0) is 4.79 Å². The molecule has 0 atom stereocenters. The fourth-order valence-electron chi connectivity index (χ4n) is 2.60. The first-order valence-electron chi connectivity index (χ1n) is 8.84. The lowest BCUT2D eigenvalue weighted by atomic mass is 10.1. The Labute approximate surface area is 166 Å². The van der Waals surface area contributed by atoms with Crippen LogP contribution < -0.4 is 25.2 Å². The van der Waals surface area contributed by atoms with Gasteiger partial charge < -0.3 is 23.9 Å². The van der Waals surface area contributed by atoms with Crippen molar-refractivity contribution in [2.45, 2.75) is 6.92 Å². The molecule has 8 heteroatoms. The van der Waals surface area contributed by atoms with Crippen molar-refractivity contribution in [1.82, 2.24) is 5.32 Å². The summed E-state index contributed by atoms with van der Waals surface area (Å²) in [6.45, 7) is 1.80. The number of amides is 1. The normalized spacial score (nSPS) is 10.4. The van der Waals surface area contributed by atoms with Crippen LogP contribution in [0.5, 0.6) is 17.2 Å². The Balaban J connectivity index is 1.71. The van der Waals surface area contributed by atoms with E-state index >= 15 is 0 Å². The molecule has 150 valence electrons. The van der Waals surface area contributed by atoms with Crippen LogP contribution in [0, 0.1) is 0 Å². The first-order valence-corrected chi connectivity index (χ1v) is 8.84. The van der Waals surface area contributed by atoms with Gasteiger partial charge in [0.2, 0.25) is 0 Å². The van der Waals surface area contributed by atoms with E-state index in [0.717, 1.165) is 0 Å². The molecule has 3 aromatic rings. The second kappa shape index (κ2) is 8.92. The number of methoxy groups -OCH3 is 1. The zero-order valence-corrected chi connectivity index (χ0v) is 15.9. The lowest BCUT2D eigenvalue weighted by Gasteiger charge is -2.10. The maximum absolute atomic E-state index is 12.1. The van der Waals surface area contributed by atoms with Gasteiger partial charge in [-0.25, -0.2) is 9.59 Å². The van der Waals surface area contributed by atoms with Gasteiger partial charge in [0, 0.05) is 18.0 Å². The fourth-order valence-corrected chi connectivity index (χ4v) is 2.60. The summed E-state index contributed by atoms with van der Waals surface area (Å²) < 4.78 is 21.0. The molecule has 0 bridgehead atoms. The molecule has 1 amide bonds. The molecule has 0 aliphatic heterocycles. The number of para-hydroxylation sites is 2. The first kappa shape index (κ1) is 19.9. The molecule has 1 heterocycles. The van der Waals surface area contributed by atoms with Crippen molar-refractivity contribution >= 4 is 22.8 Å². The molecule has 0 unspecified atom stereocenters. The van der Waals surface area contributed by atoms with E-state index in [4.69, 9.17) is 18.6 Å². The molecule has 0 aliphatic rings. The summed E-state index contributed by atoms with van der Waals surface area (Å²) in [4.78, 5) is 36.0. The number of ether oxygens (including phenoxy) is 3. The second-order valence-corrected chi connectivity index (χ2v) is 5.92. The van der Waals surface area contributed by atoms with E-state index in [1.807, 2.05) is 0 Å². The van der Waals surface area contributed by atoms with Gasteiger partial charge in [-0.2, -0.15) is 0 Å². The van der Waals surface area contributed by atoms with Crippen LogP contribution in [-0.4, -0.2) is 32.1 Å². The van der Waals surface area contributed by atoms with Crippen molar-refractivity contribution < 1.29 is 28.2 Å². The molecule has 0 saturated heterocycles. The van der Waals surface area contributed by atoms with E-state index in [0.29, 0.717) is 23.4 Å². The van der Waals surface area contributed by atoms with Gasteiger partial charge in [0.05, 0.1) is 7.11 Å². The van der Waals surface area contributed by atoms with Crippen LogP contribution in [0.4, 0.5) is 0 Å². The number of carbonyl (C=O) groups excluding carboxylic acids is 2. The fraction of sp³-hybridized carbons (Fsp3) is 0.190. The van der Waals surface area contributed by atoms with Gasteiger partial charge in [-0.3, -0.25) is 4.79 Å². The lowest BCUT2D eigenvalue weighted by molar-refractivity contribution is -0.136. The number of nitrogens with one attached hydrogen (secondary N) is 1. The van der Waals surface area contributed by atoms with Crippen LogP contribution in [0.15, 0.2) is 57.7 Å². The number of carbonyl (C=O) groups is 2. The van der Waals surface area contributed by atoms with Crippen LogP contribution in [0.2, 0.25) is 0 Å². The highest BCUT2D eigenvalue weighted by molar-refractivity contribution is 5.96. The van der Waals surface area contributed by atoms with Crippen LogP contribution in [0.3, 0.4) is 0 Å². The number of esters is 1. The minimum Gasteiger partial charge on any atom is -0.493 e. The Bertz CT molecular complexity index is 1100. The molecule has 0 radical (unpaired) electrons. The predicted octanol–water partition coefficient (Wildman–Crippen LogP) is 2.54. The quantitative estimate of drug-likeness (QED) is 0.371. The van der Waals surface area contributed by atoms with Crippen molar-refractivity contribution in [2.75, 3.05) is 20.3 Å². The molecule has 1 aromatic heterocycles. The van der Waals surface area contributed by atoms with Gasteiger partial charge in [0.25, 0.3) is 5.91 Å². The van der Waals surface area contributed by atoms with Crippen molar-refractivity contribution in [2.24, 2.45) is 0 Å². The van der Waals surface area contributed by atoms with Crippen molar-refractivity contribution in [3.8, 4) is 17.2 Å². The third-order valence-electron chi connectivity index (χ3n) is 3.94. The highest BCUT2D eigenvalue weighted by Crippen LogP contribution is 2.26. The highest BCUT2D eigenvalue weighted by Gasteiger charge is 2.14. The molecule has 29 heavy (non-hydrogen) atoms. The topological polar surface area (TPSA) is 104 Å². The van der Waals surface area contributed by atoms with E-state index in [1.54, 1.807) is 37.3 Å². The largest absolute Gasteiger partial charge is 0.493 e. The van der Waals surface area contributed by atoms with E-state index in [-0.39, 0.29) is 23.5 Å². The minimum absolute atomic E-state index is 0.0886. The third kappa shape index (κ3) is 4.73. The van der Waals surface area contributed by atoms with Gasteiger partial charge >= 0.3 is 11.6 Å². The number of benzene rings is 2. The zero-order valence-electron chi connectivity index (χ0n) is 15.9. The molecule has 3 rings (SSSR count). The number of hydrogen-bond donors (Lipinski definition) is 1. The summed E-state index contributed by atoms with van der Waals surface area (Å²) in [7, 11) is 1.50. The first-order chi connectivity index (χ1) is 14.0. The summed E-state index contributed by atoms with van der Waals surface area (Å²) in [5, 5.41) is 3.07. The standard InChI is InChI=1S/C21H19NO7/c1-3-22-20(24)15-10-13-8-9-14(11-18(13)29-21(15)25)28-19(23)12-27-17-7-5-4-6-16(17)26-2/h4-11H,3,12H2,1-2H3,(H,22,24). The lowest BCUT2D eigenvalue weighted by Crippen LogP contribution is -2.27. The molecule has 0 fully saturated rings. The Morgan fingerprint density at radius 3 is 2.55 bits per heavy atom. The van der Waals surface area contributed by atoms with Gasteiger partial charge in [0.15, 0.2) is 18.1 Å². The molecular weight excluding hydrogens is 378 g/mol. The van der Waals surface area contributed by atoms with E-state index in [9.17, 15) is 14.4 Å². The maximum Gasteiger partial charge on any atom is 0.349 e. The SMILES string of the molecule is CCNC(=O)c1cc2ccc(OC(=O)COc3ccccc3OC)cc2oc1=O. The average molecular weight is 397 g/mol. The van der Waals surface area contributed by atoms with Crippen molar-refractivity contribution in [3.63, 3.8) is 0 Å². The van der Waals surface area contributed by atoms with Gasteiger partial charge in [-0.1, -0.05) is 12.1 Å². The Morgan fingerprint density at radius 2 is 1.83 bits per heavy atom. The number of rotatable bonds is 7. The van der Waals surface area contributed by atoms with Crippen molar-refractivity contribution in [3.05, 3.63) is 64.5 Å². The molecule has 8 nitrogen and oxygen atoms in total. The zero-order chi connectivity index (χ0) is 20.8. The minimum atomic E-state index is -0.772. The van der Waals surface area contributed by atoms with Gasteiger partial charge in [-0.05, 0) is 37.3 Å². The average Bonchev–Trinajstić information content (AvgIpc) is 2.72. The summed E-state index contributed by atoms with van der Waals surface area (Å²) >= 11 is 0. The molecule has 1 N–H and O–H groups in total. The summed E-state index contributed by atoms with van der Waals surface area (Å²) in [6.07, 6.45) is 0. The molecule has 0 aliphatic carbocycles. The Morgan fingerprint density at radius 1 is 1.07 bits per heavy atom. The van der Waals surface area contributed by atoms with Crippen LogP contribution >= 0.6 is 0 Å². The van der Waals surface area contributed by atoms with Crippen LogP contribution in [0.25, 0.3) is 11.0 Å².